The Balaban J connectivity index is 1.40. The number of unbranched alkanes of at least 4 members (excludes halogenated alkanes) is 1. The lowest BCUT2D eigenvalue weighted by Gasteiger charge is -2.33. The van der Waals surface area contributed by atoms with Crippen LogP contribution in [0.5, 0.6) is 0 Å². The van der Waals surface area contributed by atoms with Gasteiger partial charge in [-0.25, -0.2) is 5.01 Å². The monoisotopic (exact) mass is 704 g/mol. The Kier molecular flexibility index (Phi) is 10.3. The van der Waals surface area contributed by atoms with E-state index in [4.69, 9.17) is 14.6 Å². The second-order valence-corrected chi connectivity index (χ2v) is 18.4. The summed E-state index contributed by atoms with van der Waals surface area (Å²) in [4.78, 5) is 68.8. The van der Waals surface area contributed by atoms with Crippen LogP contribution in [0.1, 0.15) is 69.4 Å². The minimum absolute atomic E-state index is 0.0268. The van der Waals surface area contributed by atoms with Gasteiger partial charge in [-0.3, -0.25) is 19.2 Å². The Morgan fingerprint density at radius 2 is 1.86 bits per heavy atom. The van der Waals surface area contributed by atoms with Gasteiger partial charge >= 0.3 is 5.97 Å². The van der Waals surface area contributed by atoms with Crippen LogP contribution in [0.2, 0.25) is 18.6 Å². The van der Waals surface area contributed by atoms with Crippen molar-refractivity contribution >= 4 is 49.1 Å². The number of carbonyl (C=O) groups is 4. The molecule has 5 atom stereocenters. The van der Waals surface area contributed by atoms with Gasteiger partial charge in [-0.05, 0) is 62.5 Å². The lowest BCUT2D eigenvalue weighted by Crippen LogP contribution is -2.46. The van der Waals surface area contributed by atoms with Gasteiger partial charge in [0.25, 0.3) is 5.91 Å². The largest absolute Gasteiger partial charge is 0.469 e. The predicted octanol–water partition coefficient (Wildman–Crippen LogP) is 4.08. The molecule has 12 nitrogen and oxygen atoms in total. The van der Waals surface area contributed by atoms with Crippen molar-refractivity contribution in [1.82, 2.24) is 4.90 Å². The van der Waals surface area contributed by atoms with Crippen molar-refractivity contribution in [2.75, 3.05) is 36.7 Å². The number of methoxy groups -OCH3 is 1. The van der Waals surface area contributed by atoms with Crippen molar-refractivity contribution in [3.8, 4) is 0 Å². The van der Waals surface area contributed by atoms with Crippen LogP contribution in [-0.2, 0) is 34.3 Å². The average Bonchev–Trinajstić information content (AvgIpc) is 3.77. The third-order valence-electron chi connectivity index (χ3n) is 10.9. The highest BCUT2D eigenvalue weighted by Crippen LogP contribution is 2.60. The Morgan fingerprint density at radius 3 is 2.56 bits per heavy atom. The SMILES string of the molecule is COC(=O)CCCCN1C(=O)[C@@]2(O[C@@H](CC(=O)N3CCC[C@H]3CO)[C@H]([Si](C)(C)O)[C@H]2C)c2cc(N3N=C(c4ccccc4)CCC3=O)ccc21. The number of hydrazone groups is 1. The van der Waals surface area contributed by atoms with Crippen LogP contribution in [0.3, 0.4) is 0 Å². The lowest BCUT2D eigenvalue weighted by molar-refractivity contribution is -0.150. The second-order valence-electron chi connectivity index (χ2n) is 14.4. The molecule has 2 fully saturated rings. The molecule has 3 amide bonds. The van der Waals surface area contributed by atoms with Gasteiger partial charge in [0.15, 0.2) is 13.9 Å². The van der Waals surface area contributed by atoms with Gasteiger partial charge in [0.2, 0.25) is 11.8 Å². The molecule has 2 saturated heterocycles. The van der Waals surface area contributed by atoms with E-state index in [9.17, 15) is 29.1 Å². The Bertz CT molecular complexity index is 1660. The van der Waals surface area contributed by atoms with E-state index in [1.165, 1.54) is 12.1 Å². The number of hydrogen-bond donors (Lipinski definition) is 2. The first-order valence-corrected chi connectivity index (χ1v) is 20.7. The molecule has 0 unspecified atom stereocenters. The number of fused-ring (bicyclic) bond motifs is 2. The molecule has 0 aromatic heterocycles. The minimum atomic E-state index is -3.05. The average molecular weight is 705 g/mol. The molecule has 4 aliphatic heterocycles. The van der Waals surface area contributed by atoms with Gasteiger partial charge in [0.1, 0.15) is 0 Å². The van der Waals surface area contributed by atoms with E-state index in [1.54, 1.807) is 15.9 Å². The summed E-state index contributed by atoms with van der Waals surface area (Å²) in [5.41, 5.74) is 1.41. The molecular formula is C37H48N4O8Si. The van der Waals surface area contributed by atoms with Crippen LogP contribution in [-0.4, -0.2) is 91.5 Å². The van der Waals surface area contributed by atoms with E-state index < -0.39 is 31.5 Å². The highest BCUT2D eigenvalue weighted by molar-refractivity contribution is 6.71. The highest BCUT2D eigenvalue weighted by atomic mass is 28.4. The Morgan fingerprint density at radius 1 is 1.10 bits per heavy atom. The molecule has 50 heavy (non-hydrogen) atoms. The molecule has 2 aromatic rings. The van der Waals surface area contributed by atoms with E-state index >= 15 is 0 Å². The van der Waals surface area contributed by atoms with E-state index in [1.807, 2.05) is 62.5 Å². The maximum atomic E-state index is 14.8. The van der Waals surface area contributed by atoms with Crippen LogP contribution in [0.4, 0.5) is 11.4 Å². The normalized spacial score (nSPS) is 26.5. The van der Waals surface area contributed by atoms with Gasteiger partial charge in [-0.1, -0.05) is 37.3 Å². The first-order valence-electron chi connectivity index (χ1n) is 17.7. The lowest BCUT2D eigenvalue weighted by atomic mass is 9.82. The molecule has 2 aromatic carbocycles. The van der Waals surface area contributed by atoms with Crippen molar-refractivity contribution in [2.45, 2.75) is 94.7 Å². The number of nitrogens with zero attached hydrogens (tertiary/aromatic N) is 4. The topological polar surface area (TPSA) is 149 Å². The van der Waals surface area contributed by atoms with Gasteiger partial charge in [-0.2, -0.15) is 5.10 Å². The maximum absolute atomic E-state index is 14.8. The summed E-state index contributed by atoms with van der Waals surface area (Å²) < 4.78 is 11.7. The third kappa shape index (κ3) is 6.51. The molecule has 6 rings (SSSR count). The van der Waals surface area contributed by atoms with Crippen LogP contribution < -0.4 is 9.91 Å². The number of aliphatic hydroxyl groups excluding tert-OH is 1. The van der Waals surface area contributed by atoms with Gasteiger partial charge in [-0.15, -0.1) is 0 Å². The van der Waals surface area contributed by atoms with Crippen LogP contribution in [0.15, 0.2) is 53.6 Å². The van der Waals surface area contributed by atoms with Crippen molar-refractivity contribution in [3.63, 3.8) is 0 Å². The van der Waals surface area contributed by atoms with Crippen molar-refractivity contribution < 1.29 is 38.6 Å². The fourth-order valence-electron chi connectivity index (χ4n) is 8.50. The summed E-state index contributed by atoms with van der Waals surface area (Å²) in [7, 11) is -1.71. The fraction of sp³-hybridized carbons (Fsp3) is 0.541. The Labute approximate surface area is 294 Å². The number of anilines is 2. The molecule has 2 N–H and O–H groups in total. The molecule has 0 radical (unpaired) electrons. The summed E-state index contributed by atoms with van der Waals surface area (Å²) in [6.45, 7) is 6.28. The van der Waals surface area contributed by atoms with Gasteiger partial charge in [0, 0.05) is 49.4 Å². The van der Waals surface area contributed by atoms with Gasteiger partial charge < -0.3 is 29.2 Å². The molecule has 0 aliphatic carbocycles. The van der Waals surface area contributed by atoms with Crippen LogP contribution in [0.25, 0.3) is 0 Å². The summed E-state index contributed by atoms with van der Waals surface area (Å²) in [5.74, 6) is -1.46. The molecule has 13 heteroatoms. The van der Waals surface area contributed by atoms with E-state index in [0.717, 1.165) is 24.1 Å². The molecule has 0 bridgehead atoms. The summed E-state index contributed by atoms with van der Waals surface area (Å²) >= 11 is 0. The quantitative estimate of drug-likeness (QED) is 0.202. The second kappa shape index (κ2) is 14.4. The van der Waals surface area contributed by atoms with E-state index in [0.29, 0.717) is 49.3 Å². The molecule has 0 saturated carbocycles. The summed E-state index contributed by atoms with van der Waals surface area (Å²) in [5, 5.41) is 16.1. The smallest absolute Gasteiger partial charge is 0.305 e. The number of hydrogen-bond acceptors (Lipinski definition) is 9. The van der Waals surface area contributed by atoms with Crippen LogP contribution >= 0.6 is 0 Å². The molecule has 4 heterocycles. The number of carbonyl (C=O) groups excluding carboxylic acids is 4. The fourth-order valence-corrected chi connectivity index (χ4v) is 11.0. The van der Waals surface area contributed by atoms with Crippen molar-refractivity contribution in [2.24, 2.45) is 11.0 Å². The zero-order chi connectivity index (χ0) is 35.8. The molecular weight excluding hydrogens is 657 g/mol. The molecule has 1 spiro atoms. The number of esters is 1. The summed E-state index contributed by atoms with van der Waals surface area (Å²) in [6, 6.07) is 14.9. The first-order chi connectivity index (χ1) is 23.9. The Hall–Kier alpha value is -3.91. The number of likely N-dealkylation sites (tertiary alicyclic amines) is 1. The zero-order valence-corrected chi connectivity index (χ0v) is 30.3. The minimum Gasteiger partial charge on any atom is -0.469 e. The number of benzene rings is 2. The first kappa shape index (κ1) is 35.9. The number of aliphatic hydroxyl groups is 1. The van der Waals surface area contributed by atoms with Crippen molar-refractivity contribution in [1.29, 1.82) is 0 Å². The number of amides is 3. The van der Waals surface area contributed by atoms with Gasteiger partial charge in [0.05, 0.1) is 49.4 Å². The van der Waals surface area contributed by atoms with Crippen LogP contribution in [0, 0.1) is 5.92 Å². The highest BCUT2D eigenvalue weighted by Gasteiger charge is 2.66. The standard InChI is InChI=1S/C37H48N4O8Si/c1-24-35(50(3,4)47)31(22-33(44)39-20-10-13-27(39)23-42)49-37(24)28-21-26(41-32(43)18-16-29(38-41)25-11-6-5-7-12-25)15-17-30(28)40(36(37)46)19-9-8-14-34(45)48-2/h5-7,11-12,15,17,21,24,27,31,35,42,47H,8-10,13-14,16,18-20,22-23H2,1-4H3/t24-,27+,31+,35-,37+/m1/s1. The van der Waals surface area contributed by atoms with E-state index in [-0.39, 0.29) is 55.6 Å². The maximum Gasteiger partial charge on any atom is 0.305 e. The number of ether oxygens (including phenoxy) is 2. The third-order valence-corrected chi connectivity index (χ3v) is 13.4. The molecule has 4 aliphatic rings. The van der Waals surface area contributed by atoms with Crippen molar-refractivity contribution in [3.05, 3.63) is 59.7 Å². The predicted molar refractivity (Wildman–Crippen MR) is 190 cm³/mol. The number of rotatable bonds is 11. The van der Waals surface area contributed by atoms with E-state index in [2.05, 4.69) is 0 Å². The zero-order valence-electron chi connectivity index (χ0n) is 29.3. The molecule has 268 valence electrons. The summed E-state index contributed by atoms with van der Waals surface area (Å²) in [6.07, 6.45) is 2.81.